The van der Waals surface area contributed by atoms with E-state index in [2.05, 4.69) is 44.5 Å². The third-order valence-corrected chi connectivity index (χ3v) is 4.81. The lowest BCUT2D eigenvalue weighted by atomic mass is 9.82. The summed E-state index contributed by atoms with van der Waals surface area (Å²) in [7, 11) is 0. The van der Waals surface area contributed by atoms with Crippen LogP contribution in [0.15, 0.2) is 6.07 Å². The summed E-state index contributed by atoms with van der Waals surface area (Å²) < 4.78 is 0. The van der Waals surface area contributed by atoms with E-state index in [9.17, 15) is 0 Å². The van der Waals surface area contributed by atoms with Crippen molar-refractivity contribution >= 4 is 17.4 Å². The fourth-order valence-corrected chi connectivity index (χ4v) is 3.04. The van der Waals surface area contributed by atoms with E-state index in [-0.39, 0.29) is 5.41 Å². The van der Waals surface area contributed by atoms with E-state index in [0.717, 1.165) is 24.7 Å². The molecule has 0 aliphatic carbocycles. The van der Waals surface area contributed by atoms with Gasteiger partial charge in [-0.1, -0.05) is 46.2 Å². The molecule has 0 bridgehead atoms. The third-order valence-electron chi connectivity index (χ3n) is 4.61. The van der Waals surface area contributed by atoms with Gasteiger partial charge in [-0.25, -0.2) is 9.97 Å². The molecule has 2 heterocycles. The van der Waals surface area contributed by atoms with Crippen LogP contribution in [0.3, 0.4) is 0 Å². The first-order chi connectivity index (χ1) is 9.29. The van der Waals surface area contributed by atoms with Gasteiger partial charge in [0, 0.05) is 24.6 Å². The van der Waals surface area contributed by atoms with Gasteiger partial charge in [-0.2, -0.15) is 0 Å². The van der Waals surface area contributed by atoms with Crippen LogP contribution in [0.2, 0.25) is 5.15 Å². The van der Waals surface area contributed by atoms with Gasteiger partial charge in [0.25, 0.3) is 0 Å². The van der Waals surface area contributed by atoms with Crippen LogP contribution < -0.4 is 4.90 Å². The monoisotopic (exact) mass is 295 g/mol. The van der Waals surface area contributed by atoms with Crippen LogP contribution in [0, 0.1) is 5.41 Å². The average molecular weight is 296 g/mol. The zero-order chi connectivity index (χ0) is 15.0. The van der Waals surface area contributed by atoms with Gasteiger partial charge < -0.3 is 4.90 Å². The lowest BCUT2D eigenvalue weighted by molar-refractivity contribution is 0.301. The normalized spacial score (nSPS) is 18.6. The van der Waals surface area contributed by atoms with Crippen molar-refractivity contribution in [2.75, 3.05) is 18.0 Å². The molecular weight excluding hydrogens is 270 g/mol. The summed E-state index contributed by atoms with van der Waals surface area (Å²) in [6.07, 6.45) is 3.70. The molecule has 4 heteroatoms. The number of anilines is 1. The lowest BCUT2D eigenvalue weighted by Crippen LogP contribution is -2.28. The Morgan fingerprint density at radius 3 is 2.40 bits per heavy atom. The Morgan fingerprint density at radius 2 is 1.90 bits per heavy atom. The molecule has 1 aromatic heterocycles. The molecule has 0 aromatic carbocycles. The average Bonchev–Trinajstić information content (AvgIpc) is 2.82. The van der Waals surface area contributed by atoms with Crippen molar-refractivity contribution in [3.05, 3.63) is 17.0 Å². The molecule has 0 spiro atoms. The summed E-state index contributed by atoms with van der Waals surface area (Å²) in [5.41, 5.74) is 0.366. The summed E-state index contributed by atoms with van der Waals surface area (Å²) in [5, 5.41) is 0.547. The van der Waals surface area contributed by atoms with Crippen molar-refractivity contribution in [1.29, 1.82) is 0 Å². The van der Waals surface area contributed by atoms with Crippen LogP contribution >= 0.6 is 11.6 Å². The van der Waals surface area contributed by atoms with Crippen LogP contribution in [0.5, 0.6) is 0 Å². The van der Waals surface area contributed by atoms with E-state index in [1.165, 1.54) is 19.3 Å². The van der Waals surface area contributed by atoms with E-state index < -0.39 is 0 Å². The SMILES string of the molecule is CCC1(CC)CCN(c2cc(Cl)nc(C(C)(C)C)n2)C1. The summed E-state index contributed by atoms with van der Waals surface area (Å²) in [4.78, 5) is 11.5. The molecule has 1 aliphatic heterocycles. The van der Waals surface area contributed by atoms with Crippen molar-refractivity contribution in [3.63, 3.8) is 0 Å². The Morgan fingerprint density at radius 1 is 1.25 bits per heavy atom. The largest absolute Gasteiger partial charge is 0.356 e. The van der Waals surface area contributed by atoms with Gasteiger partial charge in [-0.15, -0.1) is 0 Å². The quantitative estimate of drug-likeness (QED) is 0.772. The smallest absolute Gasteiger partial charge is 0.137 e. The molecule has 112 valence electrons. The maximum absolute atomic E-state index is 6.20. The Labute approximate surface area is 127 Å². The topological polar surface area (TPSA) is 29.0 Å². The van der Waals surface area contributed by atoms with Crippen molar-refractivity contribution in [2.45, 2.75) is 59.3 Å². The van der Waals surface area contributed by atoms with E-state index in [0.29, 0.717) is 10.6 Å². The molecule has 0 atom stereocenters. The fraction of sp³-hybridized carbons (Fsp3) is 0.750. The maximum atomic E-state index is 6.20. The van der Waals surface area contributed by atoms with Crippen LogP contribution in [0.4, 0.5) is 5.82 Å². The Bertz CT molecular complexity index is 475. The number of halogens is 1. The summed E-state index contributed by atoms with van der Waals surface area (Å²) in [6, 6.07) is 1.90. The standard InChI is InChI=1S/C16H26ClN3/c1-6-16(7-2)8-9-20(11-16)13-10-12(17)18-14(19-13)15(3,4)5/h10H,6-9,11H2,1-5H3. The Kier molecular flexibility index (Phi) is 4.29. The third kappa shape index (κ3) is 3.08. The lowest BCUT2D eigenvalue weighted by Gasteiger charge is -2.27. The van der Waals surface area contributed by atoms with Crippen LogP contribution in [0.1, 0.15) is 59.7 Å². The zero-order valence-electron chi connectivity index (χ0n) is 13.3. The van der Waals surface area contributed by atoms with Crippen molar-refractivity contribution in [3.8, 4) is 0 Å². The van der Waals surface area contributed by atoms with E-state index in [1.54, 1.807) is 0 Å². The summed E-state index contributed by atoms with van der Waals surface area (Å²) >= 11 is 6.20. The summed E-state index contributed by atoms with van der Waals surface area (Å²) in [6.45, 7) is 13.1. The molecule has 1 saturated heterocycles. The highest BCUT2D eigenvalue weighted by molar-refractivity contribution is 6.29. The maximum Gasteiger partial charge on any atom is 0.137 e. The molecule has 1 fully saturated rings. The zero-order valence-corrected chi connectivity index (χ0v) is 14.1. The summed E-state index contributed by atoms with van der Waals surface area (Å²) in [5.74, 6) is 1.81. The highest BCUT2D eigenvalue weighted by Crippen LogP contribution is 2.39. The van der Waals surface area contributed by atoms with E-state index in [1.807, 2.05) is 6.07 Å². The predicted molar refractivity (Wildman–Crippen MR) is 85.6 cm³/mol. The number of hydrogen-bond donors (Lipinski definition) is 0. The molecular formula is C16H26ClN3. The molecule has 3 nitrogen and oxygen atoms in total. The van der Waals surface area contributed by atoms with Crippen LogP contribution in [-0.4, -0.2) is 23.1 Å². The fourth-order valence-electron chi connectivity index (χ4n) is 2.86. The van der Waals surface area contributed by atoms with Crippen LogP contribution in [0.25, 0.3) is 0 Å². The van der Waals surface area contributed by atoms with Gasteiger partial charge in [0.1, 0.15) is 16.8 Å². The molecule has 2 rings (SSSR count). The second kappa shape index (κ2) is 5.51. The Hall–Kier alpha value is -0.830. The molecule has 0 amide bonds. The molecule has 20 heavy (non-hydrogen) atoms. The van der Waals surface area contributed by atoms with Crippen molar-refractivity contribution in [2.24, 2.45) is 5.41 Å². The highest BCUT2D eigenvalue weighted by atomic mass is 35.5. The number of rotatable bonds is 3. The van der Waals surface area contributed by atoms with Crippen LogP contribution in [-0.2, 0) is 5.41 Å². The minimum Gasteiger partial charge on any atom is -0.356 e. The minimum absolute atomic E-state index is 0.0774. The first kappa shape index (κ1) is 15.6. The predicted octanol–water partition coefficient (Wildman–Crippen LogP) is 4.44. The molecule has 0 N–H and O–H groups in total. The molecule has 1 aromatic rings. The molecule has 0 saturated carbocycles. The van der Waals surface area contributed by atoms with Crippen molar-refractivity contribution < 1.29 is 0 Å². The highest BCUT2D eigenvalue weighted by Gasteiger charge is 2.36. The van der Waals surface area contributed by atoms with Gasteiger partial charge in [-0.3, -0.25) is 0 Å². The number of hydrogen-bond acceptors (Lipinski definition) is 3. The molecule has 0 radical (unpaired) electrons. The van der Waals surface area contributed by atoms with E-state index >= 15 is 0 Å². The van der Waals surface area contributed by atoms with Gasteiger partial charge in [0.2, 0.25) is 0 Å². The van der Waals surface area contributed by atoms with E-state index in [4.69, 9.17) is 16.6 Å². The van der Waals surface area contributed by atoms with Gasteiger partial charge in [-0.05, 0) is 24.7 Å². The molecule has 0 unspecified atom stereocenters. The first-order valence-electron chi connectivity index (χ1n) is 7.60. The number of aromatic nitrogens is 2. The number of nitrogens with zero attached hydrogens (tertiary/aromatic N) is 3. The molecule has 1 aliphatic rings. The van der Waals surface area contributed by atoms with Gasteiger partial charge in [0.15, 0.2) is 0 Å². The second-order valence-electron chi connectivity index (χ2n) is 7.00. The first-order valence-corrected chi connectivity index (χ1v) is 7.97. The second-order valence-corrected chi connectivity index (χ2v) is 7.39. The van der Waals surface area contributed by atoms with Crippen molar-refractivity contribution in [1.82, 2.24) is 9.97 Å². The Balaban J connectivity index is 2.29. The minimum atomic E-state index is -0.0774. The van der Waals surface area contributed by atoms with Gasteiger partial charge >= 0.3 is 0 Å². The van der Waals surface area contributed by atoms with Gasteiger partial charge in [0.05, 0.1) is 0 Å².